The monoisotopic (exact) mass is 377 g/mol. The molecule has 2 rings (SSSR count). The summed E-state index contributed by atoms with van der Waals surface area (Å²) in [7, 11) is 0. The highest BCUT2D eigenvalue weighted by molar-refractivity contribution is 14.0. The molecular formula is C16H16IN3. The largest absolute Gasteiger partial charge is 0.382 e. The number of hydrogen-bond donors (Lipinski definition) is 1. The van der Waals surface area contributed by atoms with Crippen LogP contribution in [0, 0.1) is 0 Å². The van der Waals surface area contributed by atoms with E-state index in [1.807, 2.05) is 72.8 Å². The average Bonchev–Trinajstić information content (AvgIpc) is 2.49. The normalized spacial score (nSPS) is 11.7. The first-order chi connectivity index (χ1) is 9.36. The molecule has 0 saturated heterocycles. The van der Waals surface area contributed by atoms with E-state index < -0.39 is 0 Å². The molecule has 102 valence electrons. The van der Waals surface area contributed by atoms with Crippen LogP contribution in [0.3, 0.4) is 0 Å². The van der Waals surface area contributed by atoms with Crippen LogP contribution in [0.15, 0.2) is 76.9 Å². The second-order valence-corrected chi connectivity index (χ2v) is 3.89. The average molecular weight is 377 g/mol. The van der Waals surface area contributed by atoms with Gasteiger partial charge in [0.1, 0.15) is 0 Å². The van der Waals surface area contributed by atoms with E-state index >= 15 is 0 Å². The van der Waals surface area contributed by atoms with Crippen LogP contribution < -0.4 is 5.73 Å². The summed E-state index contributed by atoms with van der Waals surface area (Å²) in [6, 6.07) is 19.6. The van der Waals surface area contributed by atoms with E-state index in [1.54, 1.807) is 6.21 Å². The minimum absolute atomic E-state index is 0. The van der Waals surface area contributed by atoms with Gasteiger partial charge in [-0.25, -0.2) is 0 Å². The van der Waals surface area contributed by atoms with Crippen molar-refractivity contribution in [3.63, 3.8) is 0 Å². The van der Waals surface area contributed by atoms with Crippen molar-refractivity contribution < 1.29 is 0 Å². The summed E-state index contributed by atoms with van der Waals surface area (Å²) >= 11 is 0. The van der Waals surface area contributed by atoms with Crippen molar-refractivity contribution in [1.29, 1.82) is 0 Å². The maximum Gasteiger partial charge on any atom is 0.153 e. The quantitative estimate of drug-likeness (QED) is 0.376. The van der Waals surface area contributed by atoms with E-state index in [-0.39, 0.29) is 24.0 Å². The summed E-state index contributed by atoms with van der Waals surface area (Å²) in [4.78, 5) is 0. The van der Waals surface area contributed by atoms with E-state index in [4.69, 9.17) is 5.73 Å². The third-order valence-electron chi connectivity index (χ3n) is 2.48. The van der Waals surface area contributed by atoms with Crippen LogP contribution in [0.4, 0.5) is 0 Å². The number of nitrogens with zero attached hydrogens (tertiary/aromatic N) is 2. The van der Waals surface area contributed by atoms with E-state index in [9.17, 15) is 0 Å². The third kappa shape index (κ3) is 5.36. The standard InChI is InChI=1S/C16H15N3.HI/c17-16(15-11-5-2-6-12-15)19-18-13-7-10-14-8-3-1-4-9-14;/h1-13H,(H2,17,19);1H/b10-7-,18-13-;. The molecule has 0 aliphatic carbocycles. The summed E-state index contributed by atoms with van der Waals surface area (Å²) in [5.41, 5.74) is 7.79. The Hall–Kier alpha value is -1.95. The molecule has 2 aromatic carbocycles. The molecule has 0 unspecified atom stereocenters. The Morgan fingerprint density at radius 3 is 2.15 bits per heavy atom. The van der Waals surface area contributed by atoms with Gasteiger partial charge >= 0.3 is 0 Å². The molecule has 0 amide bonds. The zero-order valence-electron chi connectivity index (χ0n) is 10.9. The van der Waals surface area contributed by atoms with Crippen LogP contribution in [0.1, 0.15) is 11.1 Å². The van der Waals surface area contributed by atoms with Crippen LogP contribution in [-0.4, -0.2) is 12.1 Å². The summed E-state index contributed by atoms with van der Waals surface area (Å²) in [5, 5.41) is 7.85. The van der Waals surface area contributed by atoms with Gasteiger partial charge in [-0.3, -0.25) is 0 Å². The summed E-state index contributed by atoms with van der Waals surface area (Å²) in [6.07, 6.45) is 5.40. The Morgan fingerprint density at radius 1 is 0.900 bits per heavy atom. The maximum absolute atomic E-state index is 5.80. The highest BCUT2D eigenvalue weighted by atomic mass is 127. The second-order valence-electron chi connectivity index (χ2n) is 3.89. The van der Waals surface area contributed by atoms with Gasteiger partial charge in [0.15, 0.2) is 5.84 Å². The van der Waals surface area contributed by atoms with Gasteiger partial charge in [-0.1, -0.05) is 66.7 Å². The van der Waals surface area contributed by atoms with Gasteiger partial charge in [-0.2, -0.15) is 5.10 Å². The van der Waals surface area contributed by atoms with Crippen LogP contribution in [0.25, 0.3) is 6.08 Å². The molecule has 0 aromatic heterocycles. The molecule has 20 heavy (non-hydrogen) atoms. The molecule has 0 saturated carbocycles. The maximum atomic E-state index is 5.80. The lowest BCUT2D eigenvalue weighted by Gasteiger charge is -1.95. The van der Waals surface area contributed by atoms with Crippen LogP contribution in [-0.2, 0) is 0 Å². The van der Waals surface area contributed by atoms with Crippen molar-refractivity contribution in [3.8, 4) is 0 Å². The molecule has 0 atom stereocenters. The Morgan fingerprint density at radius 2 is 1.50 bits per heavy atom. The lowest BCUT2D eigenvalue weighted by Crippen LogP contribution is -2.12. The van der Waals surface area contributed by atoms with Crippen molar-refractivity contribution in [3.05, 3.63) is 77.9 Å². The molecule has 0 fully saturated rings. The molecule has 0 aliphatic heterocycles. The molecule has 4 heteroatoms. The number of rotatable bonds is 4. The number of benzene rings is 2. The molecule has 2 aromatic rings. The predicted molar refractivity (Wildman–Crippen MR) is 96.5 cm³/mol. The Balaban J connectivity index is 0.00000200. The van der Waals surface area contributed by atoms with Crippen LogP contribution >= 0.6 is 24.0 Å². The van der Waals surface area contributed by atoms with Gasteiger partial charge in [-0.15, -0.1) is 29.1 Å². The third-order valence-corrected chi connectivity index (χ3v) is 2.48. The molecule has 2 N–H and O–H groups in total. The first-order valence-corrected chi connectivity index (χ1v) is 6.00. The lowest BCUT2D eigenvalue weighted by molar-refractivity contribution is 1.23. The highest BCUT2D eigenvalue weighted by Crippen LogP contribution is 2.00. The summed E-state index contributed by atoms with van der Waals surface area (Å²) in [5.74, 6) is 0.407. The van der Waals surface area contributed by atoms with Gasteiger partial charge in [-0.05, 0) is 11.6 Å². The first kappa shape index (κ1) is 16.1. The van der Waals surface area contributed by atoms with Crippen LogP contribution in [0.5, 0.6) is 0 Å². The molecule has 0 aliphatic rings. The van der Waals surface area contributed by atoms with Crippen molar-refractivity contribution in [2.45, 2.75) is 0 Å². The van der Waals surface area contributed by atoms with Crippen LogP contribution in [0.2, 0.25) is 0 Å². The van der Waals surface area contributed by atoms with Gasteiger partial charge in [0, 0.05) is 11.8 Å². The fourth-order valence-electron chi connectivity index (χ4n) is 1.52. The summed E-state index contributed by atoms with van der Waals surface area (Å²) < 4.78 is 0. The van der Waals surface area contributed by atoms with E-state index in [0.717, 1.165) is 11.1 Å². The number of allylic oxidation sites excluding steroid dienone is 1. The fraction of sp³-hybridized carbons (Fsp3) is 0. The Kier molecular flexibility index (Phi) is 7.27. The van der Waals surface area contributed by atoms with E-state index in [1.165, 1.54) is 0 Å². The predicted octanol–water partition coefficient (Wildman–Crippen LogP) is 3.71. The molecule has 0 spiro atoms. The number of nitrogens with two attached hydrogens (primary N) is 1. The SMILES string of the molecule is I.N\C(=N/N=C\C=C/c1ccccc1)c1ccccc1. The fourth-order valence-corrected chi connectivity index (χ4v) is 1.52. The Bertz CT molecular complexity index is 590. The number of amidine groups is 1. The molecule has 0 radical (unpaired) electrons. The minimum atomic E-state index is 0. The van der Waals surface area contributed by atoms with Crippen molar-refractivity contribution in [1.82, 2.24) is 0 Å². The zero-order chi connectivity index (χ0) is 13.3. The molecule has 0 bridgehead atoms. The second kappa shape index (κ2) is 9.03. The van der Waals surface area contributed by atoms with Crippen molar-refractivity contribution >= 4 is 42.1 Å². The molecular weight excluding hydrogens is 361 g/mol. The van der Waals surface area contributed by atoms with Crippen molar-refractivity contribution in [2.24, 2.45) is 15.9 Å². The summed E-state index contributed by atoms with van der Waals surface area (Å²) in [6.45, 7) is 0. The van der Waals surface area contributed by atoms with Gasteiger partial charge in [0.05, 0.1) is 0 Å². The van der Waals surface area contributed by atoms with Gasteiger partial charge in [0.25, 0.3) is 0 Å². The smallest absolute Gasteiger partial charge is 0.153 e. The van der Waals surface area contributed by atoms with Gasteiger partial charge < -0.3 is 5.73 Å². The van der Waals surface area contributed by atoms with E-state index in [2.05, 4.69) is 10.2 Å². The molecule has 3 nitrogen and oxygen atoms in total. The number of halogens is 1. The molecule has 0 heterocycles. The lowest BCUT2D eigenvalue weighted by atomic mass is 10.2. The topological polar surface area (TPSA) is 50.7 Å². The van der Waals surface area contributed by atoms with E-state index in [0.29, 0.717) is 5.84 Å². The Labute approximate surface area is 136 Å². The van der Waals surface area contributed by atoms with Crippen molar-refractivity contribution in [2.75, 3.05) is 0 Å². The minimum Gasteiger partial charge on any atom is -0.382 e. The highest BCUT2D eigenvalue weighted by Gasteiger charge is 1.93. The first-order valence-electron chi connectivity index (χ1n) is 6.00. The van der Waals surface area contributed by atoms with Gasteiger partial charge in [0.2, 0.25) is 0 Å². The number of hydrogen-bond acceptors (Lipinski definition) is 2. The zero-order valence-corrected chi connectivity index (χ0v) is 13.2.